The number of quaternary nitrogens is 1. The molecule has 0 saturated heterocycles. The van der Waals surface area contributed by atoms with E-state index in [-0.39, 0.29) is 0 Å². The van der Waals surface area contributed by atoms with Crippen LogP contribution in [0.4, 0.5) is 11.4 Å². The Morgan fingerprint density at radius 1 is 0.737 bits per heavy atom. The first-order valence-corrected chi connectivity index (χ1v) is 6.41. The molecule has 2 nitrogen and oxygen atoms in total. The molecule has 19 heavy (non-hydrogen) atoms. The van der Waals surface area contributed by atoms with Crippen molar-refractivity contribution in [2.75, 3.05) is 26.9 Å². The van der Waals surface area contributed by atoms with Gasteiger partial charge in [0.15, 0.2) is 0 Å². The Morgan fingerprint density at radius 2 is 1.16 bits per heavy atom. The van der Waals surface area contributed by atoms with Crippen LogP contribution in [0.25, 0.3) is 12.2 Å². The molecule has 0 unspecified atom stereocenters. The highest BCUT2D eigenvalue weighted by molar-refractivity contribution is 5.70. The molecule has 0 saturated carbocycles. The summed E-state index contributed by atoms with van der Waals surface area (Å²) < 4.78 is 0.835. The van der Waals surface area contributed by atoms with E-state index in [0.717, 1.165) is 15.7 Å². The Bertz CT molecular complexity index is 558. The fourth-order valence-electron chi connectivity index (χ4n) is 1.83. The molecule has 2 rings (SSSR count). The van der Waals surface area contributed by atoms with Crippen LogP contribution in [0.2, 0.25) is 0 Å². The minimum absolute atomic E-state index is 0.796. The zero-order chi connectivity index (χ0) is 13.9. The van der Waals surface area contributed by atoms with E-state index in [4.69, 9.17) is 5.73 Å². The summed E-state index contributed by atoms with van der Waals surface area (Å²) in [4.78, 5) is 0. The van der Waals surface area contributed by atoms with Crippen LogP contribution in [-0.2, 0) is 0 Å². The molecule has 0 bridgehead atoms. The standard InChI is InChI=1S/C17H21N2/c1-19(2,3)17-12-8-15(9-13-17)5-4-14-6-10-16(18)11-7-14/h4-13H,18H2,1-3H3/q+1/b5-4+. The lowest BCUT2D eigenvalue weighted by molar-refractivity contribution is 0.486. The van der Waals surface area contributed by atoms with Gasteiger partial charge in [0.25, 0.3) is 0 Å². The fourth-order valence-corrected chi connectivity index (χ4v) is 1.83. The number of hydrogen-bond acceptors (Lipinski definition) is 1. The lowest BCUT2D eigenvalue weighted by Gasteiger charge is -2.23. The van der Waals surface area contributed by atoms with Gasteiger partial charge in [-0.2, -0.15) is 0 Å². The minimum atomic E-state index is 0.796. The number of anilines is 1. The van der Waals surface area contributed by atoms with Crippen molar-refractivity contribution < 1.29 is 0 Å². The lowest BCUT2D eigenvalue weighted by Crippen LogP contribution is -2.34. The van der Waals surface area contributed by atoms with Crippen molar-refractivity contribution >= 4 is 23.5 Å². The smallest absolute Gasteiger partial charge is 0.132 e. The quantitative estimate of drug-likeness (QED) is 0.504. The van der Waals surface area contributed by atoms with Gasteiger partial charge in [-0.15, -0.1) is 0 Å². The Kier molecular flexibility index (Phi) is 3.72. The highest BCUT2D eigenvalue weighted by Gasteiger charge is 2.10. The lowest BCUT2D eigenvalue weighted by atomic mass is 10.1. The normalized spacial score (nSPS) is 11.9. The van der Waals surface area contributed by atoms with Crippen molar-refractivity contribution in [3.63, 3.8) is 0 Å². The third-order valence-electron chi connectivity index (χ3n) is 3.07. The number of rotatable bonds is 3. The van der Waals surface area contributed by atoms with Crippen molar-refractivity contribution in [2.24, 2.45) is 0 Å². The van der Waals surface area contributed by atoms with Crippen LogP contribution in [0.1, 0.15) is 11.1 Å². The van der Waals surface area contributed by atoms with Crippen molar-refractivity contribution in [2.45, 2.75) is 0 Å². The summed E-state index contributed by atoms with van der Waals surface area (Å²) in [6.07, 6.45) is 4.21. The summed E-state index contributed by atoms with van der Waals surface area (Å²) in [7, 11) is 6.50. The maximum Gasteiger partial charge on any atom is 0.132 e. The molecule has 0 aliphatic rings. The fraction of sp³-hybridized carbons (Fsp3) is 0.176. The Hall–Kier alpha value is -2.06. The van der Waals surface area contributed by atoms with Crippen LogP contribution in [-0.4, -0.2) is 21.1 Å². The maximum atomic E-state index is 5.67. The summed E-state index contributed by atoms with van der Waals surface area (Å²) in [5.74, 6) is 0. The van der Waals surface area contributed by atoms with Gasteiger partial charge in [-0.25, -0.2) is 0 Å². The average molecular weight is 253 g/mol. The molecule has 2 N–H and O–H groups in total. The molecule has 0 spiro atoms. The summed E-state index contributed by atoms with van der Waals surface area (Å²) in [5.41, 5.74) is 10.1. The third kappa shape index (κ3) is 3.70. The second kappa shape index (κ2) is 5.29. The molecule has 2 aromatic rings. The van der Waals surface area contributed by atoms with Gasteiger partial charge in [0.2, 0.25) is 0 Å². The van der Waals surface area contributed by atoms with E-state index in [1.165, 1.54) is 11.3 Å². The molecular weight excluding hydrogens is 232 g/mol. The van der Waals surface area contributed by atoms with Crippen molar-refractivity contribution in [3.8, 4) is 0 Å². The van der Waals surface area contributed by atoms with Gasteiger partial charge in [0.05, 0.1) is 21.1 Å². The van der Waals surface area contributed by atoms with Crippen molar-refractivity contribution in [3.05, 3.63) is 59.7 Å². The molecule has 0 aliphatic heterocycles. The van der Waals surface area contributed by atoms with E-state index in [0.29, 0.717) is 0 Å². The molecule has 0 atom stereocenters. The van der Waals surface area contributed by atoms with E-state index in [2.05, 4.69) is 57.6 Å². The second-order valence-electron chi connectivity index (χ2n) is 5.60. The van der Waals surface area contributed by atoms with Crippen LogP contribution in [0.5, 0.6) is 0 Å². The molecule has 0 aliphatic carbocycles. The average Bonchev–Trinajstić information content (AvgIpc) is 2.37. The first-order valence-electron chi connectivity index (χ1n) is 6.41. The van der Waals surface area contributed by atoms with Gasteiger partial charge in [-0.1, -0.05) is 24.3 Å². The highest BCUT2D eigenvalue weighted by Crippen LogP contribution is 2.18. The van der Waals surface area contributed by atoms with E-state index >= 15 is 0 Å². The first-order chi connectivity index (χ1) is 8.95. The van der Waals surface area contributed by atoms with E-state index in [9.17, 15) is 0 Å². The first kappa shape index (κ1) is 13.4. The van der Waals surface area contributed by atoms with E-state index in [1.54, 1.807) is 0 Å². The van der Waals surface area contributed by atoms with Gasteiger partial charge in [0.1, 0.15) is 5.69 Å². The zero-order valence-corrected chi connectivity index (χ0v) is 11.8. The topological polar surface area (TPSA) is 26.0 Å². The van der Waals surface area contributed by atoms with Gasteiger partial charge < -0.3 is 5.73 Å². The van der Waals surface area contributed by atoms with Gasteiger partial charge >= 0.3 is 0 Å². The van der Waals surface area contributed by atoms with Crippen LogP contribution < -0.4 is 10.2 Å². The van der Waals surface area contributed by atoms with Crippen LogP contribution in [0, 0.1) is 0 Å². The predicted octanol–water partition coefficient (Wildman–Crippen LogP) is 3.64. The van der Waals surface area contributed by atoms with Crippen molar-refractivity contribution in [1.82, 2.24) is 4.48 Å². The van der Waals surface area contributed by atoms with Crippen LogP contribution in [0.3, 0.4) is 0 Å². The number of nitrogens with two attached hydrogens (primary N) is 1. The maximum absolute atomic E-state index is 5.67. The minimum Gasteiger partial charge on any atom is -0.399 e. The van der Waals surface area contributed by atoms with Crippen molar-refractivity contribution in [1.29, 1.82) is 0 Å². The SMILES string of the molecule is C[N+](C)(C)c1ccc(/C=C/c2ccc(N)cc2)cc1. The Labute approximate surface area is 115 Å². The number of nitrogen functional groups attached to an aromatic ring is 1. The Balaban J connectivity index is 2.13. The van der Waals surface area contributed by atoms with Gasteiger partial charge in [-0.05, 0) is 47.5 Å². The molecule has 98 valence electrons. The third-order valence-corrected chi connectivity index (χ3v) is 3.07. The molecule has 2 heteroatoms. The molecule has 0 fully saturated rings. The van der Waals surface area contributed by atoms with Crippen LogP contribution in [0.15, 0.2) is 48.5 Å². The molecule has 0 aromatic heterocycles. The van der Waals surface area contributed by atoms with Gasteiger partial charge in [0, 0.05) is 5.69 Å². The number of nitrogens with zero attached hydrogens (tertiary/aromatic N) is 1. The predicted molar refractivity (Wildman–Crippen MR) is 85.8 cm³/mol. The molecule has 0 heterocycles. The van der Waals surface area contributed by atoms with Gasteiger partial charge in [-0.3, -0.25) is 4.48 Å². The summed E-state index contributed by atoms with van der Waals surface area (Å²) in [6.45, 7) is 0. The molecule has 0 radical (unpaired) electrons. The number of hydrogen-bond donors (Lipinski definition) is 1. The number of benzene rings is 2. The monoisotopic (exact) mass is 253 g/mol. The summed E-state index contributed by atoms with van der Waals surface area (Å²) >= 11 is 0. The molecule has 0 amide bonds. The second-order valence-corrected chi connectivity index (χ2v) is 5.60. The Morgan fingerprint density at radius 3 is 1.58 bits per heavy atom. The highest BCUT2D eigenvalue weighted by atomic mass is 15.3. The molecule has 2 aromatic carbocycles. The largest absolute Gasteiger partial charge is 0.399 e. The van der Waals surface area contributed by atoms with Crippen LogP contribution >= 0.6 is 0 Å². The van der Waals surface area contributed by atoms with E-state index in [1.807, 2.05) is 24.3 Å². The summed E-state index contributed by atoms with van der Waals surface area (Å²) in [6, 6.07) is 16.5. The van der Waals surface area contributed by atoms with E-state index < -0.39 is 0 Å². The summed E-state index contributed by atoms with van der Waals surface area (Å²) in [5, 5.41) is 0. The molecular formula is C17H21N2+. The zero-order valence-electron chi connectivity index (χ0n) is 11.8.